The van der Waals surface area contributed by atoms with Crippen molar-refractivity contribution in [2.24, 2.45) is 0 Å². The third kappa shape index (κ3) is 3.30. The summed E-state index contributed by atoms with van der Waals surface area (Å²) in [5, 5.41) is 13.4. The zero-order valence-electron chi connectivity index (χ0n) is 10.5. The van der Waals surface area contributed by atoms with Crippen molar-refractivity contribution >= 4 is 28.9 Å². The minimum atomic E-state index is -0.502. The lowest BCUT2D eigenvalue weighted by atomic mass is 10.2. The van der Waals surface area contributed by atoms with Gasteiger partial charge in [-0.1, -0.05) is 11.6 Å². The van der Waals surface area contributed by atoms with E-state index >= 15 is 0 Å². The first-order chi connectivity index (χ1) is 9.45. The Labute approximate surface area is 119 Å². The molecule has 0 aliphatic heterocycles. The predicted octanol–water partition coefficient (Wildman–Crippen LogP) is 3.20. The molecule has 0 fully saturated rings. The summed E-state index contributed by atoms with van der Waals surface area (Å²) in [7, 11) is 0. The number of hydrogen-bond acceptors (Lipinski definition) is 4. The second kappa shape index (κ2) is 5.66. The summed E-state index contributed by atoms with van der Waals surface area (Å²) >= 11 is 5.79. The van der Waals surface area contributed by atoms with Crippen LogP contribution in [0.1, 0.15) is 16.1 Å². The van der Waals surface area contributed by atoms with Gasteiger partial charge in [-0.25, -0.2) is 4.98 Å². The van der Waals surface area contributed by atoms with Gasteiger partial charge in [-0.3, -0.25) is 14.9 Å². The van der Waals surface area contributed by atoms with E-state index in [4.69, 9.17) is 11.6 Å². The van der Waals surface area contributed by atoms with E-state index in [0.29, 0.717) is 16.9 Å². The number of nitro groups is 1. The first-order valence-corrected chi connectivity index (χ1v) is 6.03. The van der Waals surface area contributed by atoms with Crippen molar-refractivity contribution in [1.29, 1.82) is 0 Å². The quantitative estimate of drug-likeness (QED) is 0.534. The van der Waals surface area contributed by atoms with Crippen LogP contribution in [0.5, 0.6) is 0 Å². The molecule has 0 saturated carbocycles. The molecule has 102 valence electrons. The molecule has 6 nitrogen and oxygen atoms in total. The number of benzene rings is 1. The van der Waals surface area contributed by atoms with Crippen LogP contribution in [0.4, 0.5) is 11.4 Å². The largest absolute Gasteiger partial charge is 0.322 e. The molecule has 0 saturated heterocycles. The molecule has 1 aromatic heterocycles. The van der Waals surface area contributed by atoms with E-state index in [1.54, 1.807) is 13.0 Å². The Balaban J connectivity index is 2.16. The number of nitro benzene ring substituents is 1. The van der Waals surface area contributed by atoms with E-state index in [2.05, 4.69) is 10.3 Å². The smallest absolute Gasteiger partial charge is 0.269 e. The van der Waals surface area contributed by atoms with Crippen LogP contribution in [0.2, 0.25) is 5.15 Å². The Morgan fingerprint density at radius 1 is 1.30 bits per heavy atom. The number of anilines is 1. The third-order valence-corrected chi connectivity index (χ3v) is 2.71. The number of amides is 1. The van der Waals surface area contributed by atoms with Gasteiger partial charge in [-0.15, -0.1) is 0 Å². The third-order valence-electron chi connectivity index (χ3n) is 2.52. The van der Waals surface area contributed by atoms with Gasteiger partial charge in [0.15, 0.2) is 0 Å². The van der Waals surface area contributed by atoms with Gasteiger partial charge in [-0.2, -0.15) is 0 Å². The van der Waals surface area contributed by atoms with E-state index in [9.17, 15) is 14.9 Å². The number of halogens is 1. The molecule has 0 aliphatic carbocycles. The zero-order chi connectivity index (χ0) is 14.7. The molecule has 1 amide bonds. The van der Waals surface area contributed by atoms with E-state index < -0.39 is 4.92 Å². The summed E-state index contributed by atoms with van der Waals surface area (Å²) in [5.74, 6) is -0.355. The van der Waals surface area contributed by atoms with Crippen LogP contribution in [-0.4, -0.2) is 15.8 Å². The maximum Gasteiger partial charge on any atom is 0.269 e. The second-order valence-corrected chi connectivity index (χ2v) is 4.47. The summed E-state index contributed by atoms with van der Waals surface area (Å²) in [4.78, 5) is 26.0. The normalized spacial score (nSPS) is 10.1. The van der Waals surface area contributed by atoms with Crippen LogP contribution < -0.4 is 5.32 Å². The highest BCUT2D eigenvalue weighted by atomic mass is 35.5. The van der Waals surface area contributed by atoms with Gasteiger partial charge in [0.1, 0.15) is 5.15 Å². The fraction of sp³-hybridized carbons (Fsp3) is 0.0769. The highest BCUT2D eigenvalue weighted by Crippen LogP contribution is 2.17. The van der Waals surface area contributed by atoms with Crippen LogP contribution in [0.25, 0.3) is 0 Å². The molecule has 0 unspecified atom stereocenters. The Morgan fingerprint density at radius 2 is 1.95 bits per heavy atom. The second-order valence-electron chi connectivity index (χ2n) is 4.08. The number of aryl methyl sites for hydroxylation is 1. The maximum atomic E-state index is 12.0. The number of aromatic nitrogens is 1. The van der Waals surface area contributed by atoms with Crippen LogP contribution >= 0.6 is 11.6 Å². The molecule has 0 bridgehead atoms. The highest BCUT2D eigenvalue weighted by molar-refractivity contribution is 6.29. The average molecular weight is 292 g/mol. The number of nitrogens with zero attached hydrogens (tertiary/aromatic N) is 2. The monoisotopic (exact) mass is 291 g/mol. The molecular formula is C13H10ClN3O3. The average Bonchev–Trinajstić information content (AvgIpc) is 2.38. The molecule has 1 heterocycles. The molecule has 1 aromatic carbocycles. The van der Waals surface area contributed by atoms with Crippen molar-refractivity contribution in [3.63, 3.8) is 0 Å². The Morgan fingerprint density at radius 3 is 2.50 bits per heavy atom. The van der Waals surface area contributed by atoms with Crippen LogP contribution in [-0.2, 0) is 0 Å². The van der Waals surface area contributed by atoms with E-state index in [1.165, 1.54) is 30.3 Å². The topological polar surface area (TPSA) is 85.1 Å². The first kappa shape index (κ1) is 14.0. The summed E-state index contributed by atoms with van der Waals surface area (Å²) < 4.78 is 0. The first-order valence-electron chi connectivity index (χ1n) is 5.66. The molecule has 0 spiro atoms. The van der Waals surface area contributed by atoms with Crippen molar-refractivity contribution in [1.82, 2.24) is 4.98 Å². The lowest BCUT2D eigenvalue weighted by Crippen LogP contribution is -2.12. The predicted molar refractivity (Wildman–Crippen MR) is 75.0 cm³/mol. The minimum absolute atomic E-state index is 0.0363. The van der Waals surface area contributed by atoms with Gasteiger partial charge in [0, 0.05) is 29.1 Å². The lowest BCUT2D eigenvalue weighted by Gasteiger charge is -2.06. The summed E-state index contributed by atoms with van der Waals surface area (Å²) in [6.45, 7) is 1.73. The molecule has 0 aliphatic rings. The number of carbonyl (C=O) groups excluding carboxylic acids is 1. The fourth-order valence-corrected chi connectivity index (χ4v) is 1.88. The van der Waals surface area contributed by atoms with Crippen molar-refractivity contribution < 1.29 is 9.72 Å². The molecule has 2 aromatic rings. The molecular weight excluding hydrogens is 282 g/mol. The van der Waals surface area contributed by atoms with Crippen molar-refractivity contribution in [3.05, 3.63) is 62.9 Å². The molecule has 1 N–H and O–H groups in total. The number of rotatable bonds is 3. The van der Waals surface area contributed by atoms with Crippen molar-refractivity contribution in [2.45, 2.75) is 6.92 Å². The molecule has 0 atom stereocenters. The summed E-state index contributed by atoms with van der Waals surface area (Å²) in [6, 6.07) is 8.63. The number of pyridine rings is 1. The minimum Gasteiger partial charge on any atom is -0.322 e. The molecule has 0 radical (unpaired) electrons. The Hall–Kier alpha value is -2.47. The Bertz CT molecular complexity index is 651. The summed E-state index contributed by atoms with van der Waals surface area (Å²) in [5.41, 5.74) is 1.43. The van der Waals surface area contributed by atoms with Crippen LogP contribution in [0, 0.1) is 17.0 Å². The highest BCUT2D eigenvalue weighted by Gasteiger charge is 2.10. The number of nitrogens with one attached hydrogen (secondary N) is 1. The van der Waals surface area contributed by atoms with E-state index in [0.717, 1.165) is 0 Å². The fourth-order valence-electron chi connectivity index (χ4n) is 1.63. The van der Waals surface area contributed by atoms with Gasteiger partial charge in [0.2, 0.25) is 0 Å². The van der Waals surface area contributed by atoms with Gasteiger partial charge < -0.3 is 5.32 Å². The van der Waals surface area contributed by atoms with Crippen LogP contribution in [0.3, 0.4) is 0 Å². The summed E-state index contributed by atoms with van der Waals surface area (Å²) in [6.07, 6.45) is 0. The van der Waals surface area contributed by atoms with Gasteiger partial charge in [-0.05, 0) is 31.2 Å². The lowest BCUT2D eigenvalue weighted by molar-refractivity contribution is -0.384. The number of carbonyl (C=O) groups is 1. The molecule has 20 heavy (non-hydrogen) atoms. The number of non-ortho nitro benzene ring substituents is 1. The van der Waals surface area contributed by atoms with Gasteiger partial charge in [0.25, 0.3) is 11.6 Å². The zero-order valence-corrected chi connectivity index (χ0v) is 11.2. The van der Waals surface area contributed by atoms with Gasteiger partial charge in [0.05, 0.1) is 4.92 Å². The SMILES string of the molecule is Cc1cc(C(=O)Nc2ccc([N+](=O)[O-])cc2)cc(Cl)n1. The van der Waals surface area contributed by atoms with Crippen molar-refractivity contribution in [2.75, 3.05) is 5.32 Å². The van der Waals surface area contributed by atoms with Gasteiger partial charge >= 0.3 is 0 Å². The Kier molecular flexibility index (Phi) is 3.95. The maximum absolute atomic E-state index is 12.0. The molecule has 2 rings (SSSR count). The number of hydrogen-bond donors (Lipinski definition) is 1. The van der Waals surface area contributed by atoms with E-state index in [-0.39, 0.29) is 16.7 Å². The van der Waals surface area contributed by atoms with Crippen molar-refractivity contribution in [3.8, 4) is 0 Å². The molecule has 7 heteroatoms. The van der Waals surface area contributed by atoms with E-state index in [1.807, 2.05) is 0 Å². The van der Waals surface area contributed by atoms with Crippen LogP contribution in [0.15, 0.2) is 36.4 Å². The standard InChI is InChI=1S/C13H10ClN3O3/c1-8-6-9(7-12(14)15-8)13(18)16-10-2-4-11(5-3-10)17(19)20/h2-7H,1H3,(H,16,18).